The quantitative estimate of drug-likeness (QED) is 0.0455. The number of carbonyl (C=O) groups is 2. The van der Waals surface area contributed by atoms with Crippen molar-refractivity contribution in [2.24, 2.45) is 0 Å². The fourth-order valence-corrected chi connectivity index (χ4v) is 6.39. The first-order chi connectivity index (χ1) is 22.6. The summed E-state index contributed by atoms with van der Waals surface area (Å²) in [7, 11) is 0. The highest BCUT2D eigenvalue weighted by molar-refractivity contribution is 5.82. The van der Waals surface area contributed by atoms with Crippen molar-refractivity contribution >= 4 is 11.9 Å². The highest BCUT2D eigenvalue weighted by Crippen LogP contribution is 2.15. The van der Waals surface area contributed by atoms with Crippen molar-refractivity contribution in [3.05, 3.63) is 0 Å². The molecule has 274 valence electrons. The molecule has 1 amide bonds. The third-order valence-corrected chi connectivity index (χ3v) is 9.46. The van der Waals surface area contributed by atoms with Crippen molar-refractivity contribution in [3.63, 3.8) is 0 Å². The Morgan fingerprint density at radius 2 is 0.674 bits per heavy atom. The molecule has 3 N–H and O–H groups in total. The molecule has 0 rings (SSSR count). The van der Waals surface area contributed by atoms with Gasteiger partial charge in [0.05, 0.1) is 6.54 Å². The number of hydrazine groups is 1. The molecule has 0 aromatic heterocycles. The minimum Gasteiger partial charge on any atom is -0.480 e. The van der Waals surface area contributed by atoms with Crippen LogP contribution in [0.2, 0.25) is 0 Å². The average molecular weight is 652 g/mol. The van der Waals surface area contributed by atoms with Crippen molar-refractivity contribution in [2.45, 2.75) is 219 Å². The maximum atomic E-state index is 12.0. The number of rotatable bonds is 39. The summed E-state index contributed by atoms with van der Waals surface area (Å²) in [4.78, 5) is 22.8. The Balaban J connectivity index is 3.85. The molecule has 0 aromatic carbocycles. The van der Waals surface area contributed by atoms with Gasteiger partial charge in [0.2, 0.25) is 5.91 Å². The fourth-order valence-electron chi connectivity index (χ4n) is 6.39. The van der Waals surface area contributed by atoms with E-state index in [0.717, 1.165) is 25.9 Å². The summed E-state index contributed by atoms with van der Waals surface area (Å²) in [5.74, 6) is -1.27. The number of amides is 1. The van der Waals surface area contributed by atoms with Gasteiger partial charge in [-0.2, -0.15) is 0 Å². The number of hydrogen-bond donors (Lipinski definition) is 3. The zero-order valence-electron chi connectivity index (χ0n) is 31.2. The van der Waals surface area contributed by atoms with E-state index < -0.39 is 5.97 Å². The van der Waals surface area contributed by atoms with Gasteiger partial charge in [0.25, 0.3) is 0 Å². The van der Waals surface area contributed by atoms with Crippen LogP contribution < -0.4 is 10.7 Å². The zero-order valence-corrected chi connectivity index (χ0v) is 31.2. The van der Waals surface area contributed by atoms with Gasteiger partial charge in [-0.05, 0) is 12.8 Å². The van der Waals surface area contributed by atoms with Gasteiger partial charge in [0.15, 0.2) is 0 Å². The summed E-state index contributed by atoms with van der Waals surface area (Å²) in [6, 6.07) is 0. The number of carboxylic acids is 1. The number of nitrogens with zero attached hydrogens (tertiary/aromatic N) is 1. The number of hydrogen-bond acceptors (Lipinski definition) is 4. The molecule has 46 heavy (non-hydrogen) atoms. The molecule has 0 aliphatic rings. The zero-order chi connectivity index (χ0) is 33.6. The first-order valence-corrected chi connectivity index (χ1v) is 20.6. The van der Waals surface area contributed by atoms with Crippen LogP contribution in [0.4, 0.5) is 0 Å². The Labute approximate surface area is 287 Å². The molecule has 6 nitrogen and oxygen atoms in total. The predicted molar refractivity (Wildman–Crippen MR) is 199 cm³/mol. The maximum Gasteiger partial charge on any atom is 0.322 e. The summed E-state index contributed by atoms with van der Waals surface area (Å²) in [5.41, 5.74) is 3.28. The molecular weight excluding hydrogens is 570 g/mol. The predicted octanol–water partition coefficient (Wildman–Crippen LogP) is 11.5. The smallest absolute Gasteiger partial charge is 0.322 e. The molecule has 0 aliphatic heterocycles. The molecule has 0 fully saturated rings. The van der Waals surface area contributed by atoms with E-state index in [1.807, 2.05) is 0 Å². The molecule has 0 saturated carbocycles. The van der Waals surface area contributed by atoms with Crippen molar-refractivity contribution in [1.82, 2.24) is 15.8 Å². The fraction of sp³-hybridized carbons (Fsp3) is 0.950. The van der Waals surface area contributed by atoms with E-state index in [0.29, 0.717) is 0 Å². The number of unbranched alkanes of at least 4 members (excludes halogenated alkanes) is 30. The van der Waals surface area contributed by atoms with Crippen molar-refractivity contribution in [3.8, 4) is 0 Å². The summed E-state index contributed by atoms with van der Waals surface area (Å²) < 4.78 is 0. The second-order valence-corrected chi connectivity index (χ2v) is 14.1. The van der Waals surface area contributed by atoms with Crippen LogP contribution in [0.3, 0.4) is 0 Å². The Morgan fingerprint density at radius 3 is 0.935 bits per heavy atom. The molecular formula is C40H81N3O3. The van der Waals surface area contributed by atoms with Gasteiger partial charge in [-0.1, -0.05) is 206 Å². The lowest BCUT2D eigenvalue weighted by Gasteiger charge is -2.23. The highest BCUT2D eigenvalue weighted by atomic mass is 16.4. The summed E-state index contributed by atoms with van der Waals surface area (Å²) in [5, 5.41) is 13.5. The maximum absolute atomic E-state index is 12.0. The summed E-state index contributed by atoms with van der Waals surface area (Å²) >= 11 is 0. The molecule has 0 spiro atoms. The lowest BCUT2D eigenvalue weighted by Crippen LogP contribution is -2.45. The molecule has 0 aliphatic carbocycles. The van der Waals surface area contributed by atoms with Crippen LogP contribution in [0.25, 0.3) is 0 Å². The van der Waals surface area contributed by atoms with Crippen LogP contribution in [-0.4, -0.2) is 48.2 Å². The van der Waals surface area contributed by atoms with E-state index in [1.165, 1.54) is 193 Å². The van der Waals surface area contributed by atoms with Gasteiger partial charge in [-0.25, -0.2) is 10.4 Å². The van der Waals surface area contributed by atoms with E-state index in [1.54, 1.807) is 0 Å². The van der Waals surface area contributed by atoms with Crippen LogP contribution >= 0.6 is 0 Å². The molecule has 0 bridgehead atoms. The van der Waals surface area contributed by atoms with Gasteiger partial charge in [-0.15, -0.1) is 0 Å². The number of carbonyl (C=O) groups excluding carboxylic acids is 1. The number of carboxylic acid groups (broad SMARTS) is 1. The highest BCUT2D eigenvalue weighted by Gasteiger charge is 2.09. The Hall–Kier alpha value is -1.14. The first kappa shape index (κ1) is 44.9. The lowest BCUT2D eigenvalue weighted by molar-refractivity contribution is -0.137. The topological polar surface area (TPSA) is 81.7 Å². The molecule has 0 unspecified atom stereocenters. The molecule has 0 atom stereocenters. The largest absolute Gasteiger partial charge is 0.480 e. The number of aliphatic carboxylic acids is 1. The van der Waals surface area contributed by atoms with Crippen molar-refractivity contribution < 1.29 is 14.7 Å². The van der Waals surface area contributed by atoms with Crippen LogP contribution in [0.5, 0.6) is 0 Å². The van der Waals surface area contributed by atoms with Gasteiger partial charge < -0.3 is 10.4 Å². The lowest BCUT2D eigenvalue weighted by atomic mass is 10.0. The van der Waals surface area contributed by atoms with Crippen LogP contribution in [0.15, 0.2) is 0 Å². The second-order valence-electron chi connectivity index (χ2n) is 14.1. The standard InChI is InChI=1S/C40H81N3O3/c1-3-5-7-9-11-13-15-17-19-21-23-25-27-29-31-33-35-43(42-37-39(44)41-38-40(45)46)36-34-32-30-28-26-24-22-20-18-16-14-12-10-8-6-4-2/h42H,3-38H2,1-2H3,(H,41,44)(H,45,46). The Kier molecular flexibility index (Phi) is 37.4. The van der Waals surface area contributed by atoms with E-state index in [4.69, 9.17) is 5.11 Å². The summed E-state index contributed by atoms with van der Waals surface area (Å²) in [6.45, 7) is 6.29. The SMILES string of the molecule is CCCCCCCCCCCCCCCCCCN(CCCCCCCCCCCCCCCCCC)NCC(=O)NCC(=O)O. The first-order valence-electron chi connectivity index (χ1n) is 20.6. The Morgan fingerprint density at radius 1 is 0.413 bits per heavy atom. The molecule has 0 heterocycles. The van der Waals surface area contributed by atoms with Gasteiger partial charge in [-0.3, -0.25) is 9.59 Å². The molecule has 0 aromatic rings. The molecule has 6 heteroatoms. The third-order valence-electron chi connectivity index (χ3n) is 9.46. The second kappa shape index (κ2) is 38.3. The minimum absolute atomic E-state index is 0.144. The van der Waals surface area contributed by atoms with Gasteiger partial charge >= 0.3 is 5.97 Å². The minimum atomic E-state index is -1.01. The van der Waals surface area contributed by atoms with Crippen molar-refractivity contribution in [1.29, 1.82) is 0 Å². The van der Waals surface area contributed by atoms with Crippen LogP contribution in [-0.2, 0) is 9.59 Å². The van der Waals surface area contributed by atoms with E-state index in [9.17, 15) is 9.59 Å². The van der Waals surface area contributed by atoms with E-state index in [-0.39, 0.29) is 19.0 Å². The average Bonchev–Trinajstić information content (AvgIpc) is 3.05. The normalized spacial score (nSPS) is 11.5. The Bertz CT molecular complexity index is 595. The molecule has 0 saturated heterocycles. The van der Waals surface area contributed by atoms with E-state index in [2.05, 4.69) is 29.6 Å². The monoisotopic (exact) mass is 652 g/mol. The van der Waals surface area contributed by atoms with E-state index >= 15 is 0 Å². The number of nitrogens with one attached hydrogen (secondary N) is 2. The van der Waals surface area contributed by atoms with Crippen LogP contribution in [0, 0.1) is 0 Å². The van der Waals surface area contributed by atoms with Gasteiger partial charge in [0.1, 0.15) is 6.54 Å². The van der Waals surface area contributed by atoms with Gasteiger partial charge in [0, 0.05) is 13.1 Å². The third kappa shape index (κ3) is 37.3. The van der Waals surface area contributed by atoms with Crippen molar-refractivity contribution in [2.75, 3.05) is 26.2 Å². The summed E-state index contributed by atoms with van der Waals surface area (Å²) in [6.07, 6.45) is 43.8. The van der Waals surface area contributed by atoms with Crippen LogP contribution in [0.1, 0.15) is 219 Å². The molecule has 0 radical (unpaired) electrons.